The minimum absolute atomic E-state index is 0.0126. The van der Waals surface area contributed by atoms with Gasteiger partial charge in [-0.3, -0.25) is 9.59 Å². The molecule has 7 nitrogen and oxygen atoms in total. The molecule has 1 unspecified atom stereocenters. The lowest BCUT2D eigenvalue weighted by Gasteiger charge is -2.27. The molecule has 0 bridgehead atoms. The lowest BCUT2D eigenvalue weighted by Crippen LogP contribution is -2.39. The summed E-state index contributed by atoms with van der Waals surface area (Å²) in [7, 11) is -4.61. The van der Waals surface area contributed by atoms with Crippen LogP contribution in [0.2, 0.25) is 0 Å². The van der Waals surface area contributed by atoms with E-state index in [1.807, 2.05) is 90.4 Å². The van der Waals surface area contributed by atoms with E-state index >= 15 is 0 Å². The molecule has 1 N–H and O–H groups in total. The summed E-state index contributed by atoms with van der Waals surface area (Å²) < 4.78 is 39.7. The summed E-state index contributed by atoms with van der Waals surface area (Å²) in [5, 5.41) is 0. The molecule has 0 radical (unpaired) electrons. The minimum Gasteiger partial charge on any atom is -0.447 e. The van der Waals surface area contributed by atoms with Crippen molar-refractivity contribution in [2.45, 2.75) is 112 Å². The van der Waals surface area contributed by atoms with Crippen molar-refractivity contribution in [3.05, 3.63) is 63.7 Å². The van der Waals surface area contributed by atoms with Gasteiger partial charge in [-0.2, -0.15) is 8.42 Å². The van der Waals surface area contributed by atoms with Crippen LogP contribution in [0, 0.1) is 0 Å². The van der Waals surface area contributed by atoms with Crippen molar-refractivity contribution in [2.75, 3.05) is 0 Å². The Labute approximate surface area is 234 Å². The highest BCUT2D eigenvalue weighted by Gasteiger charge is 2.34. The van der Waals surface area contributed by atoms with Gasteiger partial charge in [0.05, 0.1) is 0 Å². The lowest BCUT2D eigenvalue weighted by molar-refractivity contribution is -0.153. The highest BCUT2D eigenvalue weighted by molar-refractivity contribution is 7.85. The van der Waals surface area contributed by atoms with Gasteiger partial charge in [-0.25, -0.2) is 4.72 Å². The number of nitrogens with one attached hydrogen (secondary N) is 1. The molecule has 0 aromatic heterocycles. The van der Waals surface area contributed by atoms with Crippen LogP contribution in [0.4, 0.5) is 0 Å². The number of amides is 1. The Kier molecular flexibility index (Phi) is 10.8. The third-order valence-electron chi connectivity index (χ3n) is 6.70. The van der Waals surface area contributed by atoms with Crippen LogP contribution in [0.15, 0.2) is 30.3 Å². The smallest absolute Gasteiger partial charge is 0.409 e. The number of hydrogen-bond donors (Lipinski definition) is 1. The molecular weight excluding hydrogens is 514 g/mol. The Morgan fingerprint density at radius 2 is 1.15 bits per heavy atom. The first-order chi connectivity index (χ1) is 18.0. The van der Waals surface area contributed by atoms with E-state index in [-0.39, 0.29) is 35.3 Å². The molecule has 2 rings (SSSR count). The Morgan fingerprint density at radius 3 is 1.51 bits per heavy atom. The molecule has 0 aliphatic carbocycles. The summed E-state index contributed by atoms with van der Waals surface area (Å²) in [6, 6.07) is 9.51. The monoisotopic (exact) mass is 559 g/mol. The average molecular weight is 560 g/mol. The Morgan fingerprint density at radius 1 is 0.718 bits per heavy atom. The zero-order valence-electron chi connectivity index (χ0n) is 25.2. The molecule has 0 heterocycles. The zero-order valence-corrected chi connectivity index (χ0v) is 26.0. The van der Waals surface area contributed by atoms with E-state index < -0.39 is 28.3 Å². The summed E-state index contributed by atoms with van der Waals surface area (Å²) in [5.41, 5.74) is 4.69. The van der Waals surface area contributed by atoms with E-state index in [1.54, 1.807) is 0 Å². The van der Waals surface area contributed by atoms with Crippen LogP contribution < -0.4 is 8.91 Å². The average Bonchev–Trinajstić information content (AvgIpc) is 2.80. The van der Waals surface area contributed by atoms with Gasteiger partial charge in [0.2, 0.25) is 6.10 Å². The predicted molar refractivity (Wildman–Crippen MR) is 156 cm³/mol. The van der Waals surface area contributed by atoms with Gasteiger partial charge < -0.3 is 8.92 Å². The molecule has 1 atom stereocenters. The maximum absolute atomic E-state index is 13.6. The number of ether oxygens (including phenoxy) is 1. The Balaban J connectivity index is 2.64. The van der Waals surface area contributed by atoms with Gasteiger partial charge in [0.15, 0.2) is 5.75 Å². The van der Waals surface area contributed by atoms with Crippen molar-refractivity contribution in [3.63, 3.8) is 0 Å². The van der Waals surface area contributed by atoms with Gasteiger partial charge >= 0.3 is 16.3 Å². The van der Waals surface area contributed by atoms with Crippen molar-refractivity contribution >= 4 is 22.2 Å². The fourth-order valence-corrected chi connectivity index (χ4v) is 5.42. The number of para-hydroxylation sites is 1. The Hall–Kier alpha value is -2.87. The first-order valence-electron chi connectivity index (χ1n) is 13.7. The van der Waals surface area contributed by atoms with Gasteiger partial charge in [-0.05, 0) is 57.4 Å². The fourth-order valence-electron chi connectivity index (χ4n) is 4.61. The van der Waals surface area contributed by atoms with Crippen LogP contribution in [0.3, 0.4) is 0 Å². The molecule has 8 heteroatoms. The minimum atomic E-state index is -4.61. The molecule has 2 aromatic carbocycles. The molecule has 216 valence electrons. The maximum atomic E-state index is 13.6. The van der Waals surface area contributed by atoms with Gasteiger partial charge in [0, 0.05) is 12.5 Å². The van der Waals surface area contributed by atoms with Crippen LogP contribution in [-0.4, -0.2) is 20.3 Å². The second-order valence-corrected chi connectivity index (χ2v) is 12.9. The summed E-state index contributed by atoms with van der Waals surface area (Å²) in [4.78, 5) is 25.8. The molecule has 0 spiro atoms. The third kappa shape index (κ3) is 8.07. The molecule has 0 fully saturated rings. The molecule has 0 saturated carbocycles. The number of carbonyl (C=O) groups excluding carboxylic acids is 2. The zero-order chi connectivity index (χ0) is 29.8. The molecular formula is C31H45NO6S. The summed E-state index contributed by atoms with van der Waals surface area (Å²) in [5.74, 6) is -1.29. The molecule has 0 aliphatic rings. The van der Waals surface area contributed by atoms with E-state index in [0.717, 1.165) is 16.7 Å². The van der Waals surface area contributed by atoms with Crippen molar-refractivity contribution in [1.29, 1.82) is 0 Å². The van der Waals surface area contributed by atoms with Gasteiger partial charge in [-0.15, -0.1) is 0 Å². The van der Waals surface area contributed by atoms with Crippen LogP contribution in [0.1, 0.15) is 145 Å². The summed E-state index contributed by atoms with van der Waals surface area (Å²) in [6.45, 7) is 21.1. The number of hydrogen-bond acceptors (Lipinski definition) is 6. The van der Waals surface area contributed by atoms with Crippen LogP contribution >= 0.6 is 0 Å². The van der Waals surface area contributed by atoms with Crippen molar-refractivity contribution in [2.24, 2.45) is 0 Å². The van der Waals surface area contributed by atoms with Crippen LogP contribution in [0.5, 0.6) is 5.75 Å². The van der Waals surface area contributed by atoms with Crippen molar-refractivity contribution < 1.29 is 26.9 Å². The molecule has 0 saturated heterocycles. The van der Waals surface area contributed by atoms with E-state index in [4.69, 9.17) is 8.92 Å². The van der Waals surface area contributed by atoms with Gasteiger partial charge in [0.1, 0.15) is 0 Å². The second-order valence-electron chi connectivity index (χ2n) is 11.6. The summed E-state index contributed by atoms with van der Waals surface area (Å²) in [6.07, 6.45) is -1.47. The first-order valence-corrected chi connectivity index (χ1v) is 15.1. The van der Waals surface area contributed by atoms with E-state index in [9.17, 15) is 18.0 Å². The Bertz CT molecular complexity index is 1240. The van der Waals surface area contributed by atoms with E-state index in [2.05, 4.69) is 13.8 Å². The predicted octanol–water partition coefficient (Wildman–Crippen LogP) is 7.35. The third-order valence-corrected chi connectivity index (χ3v) is 7.54. The molecule has 2 aromatic rings. The first kappa shape index (κ1) is 32.3. The van der Waals surface area contributed by atoms with Crippen LogP contribution in [-0.2, 0) is 24.6 Å². The van der Waals surface area contributed by atoms with Crippen molar-refractivity contribution in [1.82, 2.24) is 4.72 Å². The molecule has 0 aliphatic heterocycles. The molecule has 39 heavy (non-hydrogen) atoms. The number of rotatable bonds is 11. The number of benzene rings is 2. The fraction of sp³-hybridized carbons (Fsp3) is 0.548. The molecule has 1 amide bonds. The highest BCUT2D eigenvalue weighted by atomic mass is 32.2. The van der Waals surface area contributed by atoms with E-state index in [1.165, 1.54) is 6.92 Å². The topological polar surface area (TPSA) is 98.8 Å². The van der Waals surface area contributed by atoms with Gasteiger partial charge in [-0.1, -0.05) is 99.6 Å². The lowest BCUT2D eigenvalue weighted by atomic mass is 9.82. The normalized spacial score (nSPS) is 12.9. The highest BCUT2D eigenvalue weighted by Crippen LogP contribution is 2.38. The van der Waals surface area contributed by atoms with Crippen molar-refractivity contribution in [3.8, 4) is 5.75 Å². The van der Waals surface area contributed by atoms with Crippen LogP contribution in [0.25, 0.3) is 0 Å². The quantitative estimate of drug-likeness (QED) is 0.289. The SMILES string of the molecule is CC(=O)OC(C(=O)NS(=O)(=O)Oc1c(C(C)C)cccc1C(C)C)c1c(C(C)C)cc(C(C)C)cc1C(C)C. The summed E-state index contributed by atoms with van der Waals surface area (Å²) >= 11 is 0. The van der Waals surface area contributed by atoms with Gasteiger partial charge in [0.25, 0.3) is 5.91 Å². The standard InChI is InChI=1S/C31H45NO6S/c1-17(2)23-15-26(20(7)8)28(27(16-23)21(9)10)30(37-22(11)33)31(34)32-39(35,36)38-29-24(18(3)4)13-12-14-25(29)19(5)6/h12-21,30H,1-11H3,(H,32,34). The van der Waals surface area contributed by atoms with E-state index in [0.29, 0.717) is 16.7 Å². The number of esters is 1. The largest absolute Gasteiger partial charge is 0.447 e. The number of carbonyl (C=O) groups is 2. The maximum Gasteiger partial charge on any atom is 0.409 e. The second kappa shape index (κ2) is 13.0.